The average Bonchev–Trinajstić information content (AvgIpc) is 3.16. The van der Waals surface area contributed by atoms with Crippen molar-refractivity contribution >= 4 is 29.2 Å². The number of rotatable bonds is 5. The van der Waals surface area contributed by atoms with Crippen molar-refractivity contribution in [3.8, 4) is 5.88 Å². The lowest BCUT2D eigenvalue weighted by molar-refractivity contribution is 0.0600. The van der Waals surface area contributed by atoms with Crippen LogP contribution in [0.15, 0.2) is 36.5 Å². The molecule has 136 valence electrons. The minimum Gasteiger partial charge on any atom is -0.471 e. The van der Waals surface area contributed by atoms with Crippen molar-refractivity contribution in [1.29, 1.82) is 0 Å². The maximum Gasteiger partial charge on any atom is 0.337 e. The van der Waals surface area contributed by atoms with E-state index in [-0.39, 0.29) is 22.9 Å². The molecule has 1 aromatic heterocycles. The van der Waals surface area contributed by atoms with Gasteiger partial charge < -0.3 is 19.5 Å². The summed E-state index contributed by atoms with van der Waals surface area (Å²) in [7, 11) is 1.31. The molecule has 8 heteroatoms. The molecule has 0 bridgehead atoms. The molecular weight excluding hydrogens is 360 g/mol. The number of esters is 1. The van der Waals surface area contributed by atoms with Gasteiger partial charge in [0.05, 0.1) is 31.5 Å². The third-order valence-electron chi connectivity index (χ3n) is 3.80. The van der Waals surface area contributed by atoms with E-state index in [1.165, 1.54) is 19.4 Å². The van der Waals surface area contributed by atoms with Crippen LogP contribution in [0.2, 0.25) is 5.02 Å². The van der Waals surface area contributed by atoms with Crippen LogP contribution in [0.3, 0.4) is 0 Å². The smallest absolute Gasteiger partial charge is 0.337 e. The molecule has 1 aliphatic heterocycles. The zero-order valence-corrected chi connectivity index (χ0v) is 14.8. The van der Waals surface area contributed by atoms with Crippen molar-refractivity contribution < 1.29 is 23.8 Å². The Morgan fingerprint density at radius 2 is 2.04 bits per heavy atom. The molecule has 7 nitrogen and oxygen atoms in total. The number of hydrogen-bond donors (Lipinski definition) is 1. The van der Waals surface area contributed by atoms with Crippen molar-refractivity contribution in [3.05, 3.63) is 52.7 Å². The summed E-state index contributed by atoms with van der Waals surface area (Å²) in [6.45, 7) is 1.15. The van der Waals surface area contributed by atoms with Crippen molar-refractivity contribution in [1.82, 2.24) is 4.98 Å². The Hall–Kier alpha value is -2.64. The predicted octanol–water partition coefficient (Wildman–Crippen LogP) is 2.94. The highest BCUT2D eigenvalue weighted by Gasteiger charge is 2.20. The maximum absolute atomic E-state index is 12.3. The highest BCUT2D eigenvalue weighted by molar-refractivity contribution is 6.32. The molecule has 0 radical (unpaired) electrons. The lowest BCUT2D eigenvalue weighted by Crippen LogP contribution is -2.17. The number of carbonyl (C=O) groups is 2. The summed E-state index contributed by atoms with van der Waals surface area (Å²) in [6.07, 6.45) is 2.10. The van der Waals surface area contributed by atoms with Crippen LogP contribution in [0.4, 0.5) is 5.69 Å². The van der Waals surface area contributed by atoms with Gasteiger partial charge in [0.15, 0.2) is 0 Å². The molecule has 1 fully saturated rings. The number of pyridine rings is 1. The van der Waals surface area contributed by atoms with Crippen LogP contribution >= 0.6 is 11.6 Å². The van der Waals surface area contributed by atoms with Crippen LogP contribution < -0.4 is 10.1 Å². The van der Waals surface area contributed by atoms with E-state index >= 15 is 0 Å². The van der Waals surface area contributed by atoms with Gasteiger partial charge in [-0.1, -0.05) is 11.6 Å². The summed E-state index contributed by atoms with van der Waals surface area (Å²) in [6, 6.07) is 7.84. The summed E-state index contributed by atoms with van der Waals surface area (Å²) >= 11 is 6.17. The fourth-order valence-electron chi connectivity index (χ4n) is 2.41. The number of methoxy groups -OCH3 is 1. The first-order valence-electron chi connectivity index (χ1n) is 7.96. The van der Waals surface area contributed by atoms with Crippen LogP contribution in [0.5, 0.6) is 5.88 Å². The normalized spacial score (nSPS) is 16.2. The molecule has 1 unspecified atom stereocenters. The highest BCUT2D eigenvalue weighted by atomic mass is 35.5. The molecule has 1 atom stereocenters. The van der Waals surface area contributed by atoms with Crippen LogP contribution in [-0.4, -0.2) is 43.3 Å². The number of nitrogens with one attached hydrogen (secondary N) is 1. The van der Waals surface area contributed by atoms with E-state index in [2.05, 4.69) is 15.0 Å². The van der Waals surface area contributed by atoms with Gasteiger partial charge in [-0.15, -0.1) is 0 Å². The maximum atomic E-state index is 12.3. The van der Waals surface area contributed by atoms with Gasteiger partial charge in [0.2, 0.25) is 5.88 Å². The monoisotopic (exact) mass is 376 g/mol. The van der Waals surface area contributed by atoms with E-state index in [1.807, 2.05) is 0 Å². The lowest BCUT2D eigenvalue weighted by Gasteiger charge is -2.12. The van der Waals surface area contributed by atoms with E-state index in [1.54, 1.807) is 24.3 Å². The Morgan fingerprint density at radius 1 is 1.27 bits per heavy atom. The molecule has 1 aliphatic rings. The van der Waals surface area contributed by atoms with Gasteiger partial charge in [0.25, 0.3) is 5.91 Å². The summed E-state index contributed by atoms with van der Waals surface area (Å²) < 4.78 is 15.5. The van der Waals surface area contributed by atoms with E-state index < -0.39 is 5.97 Å². The Balaban J connectivity index is 1.65. The number of hydrogen-bond acceptors (Lipinski definition) is 6. The minimum absolute atomic E-state index is 0.0759. The zero-order chi connectivity index (χ0) is 18.5. The second kappa shape index (κ2) is 8.16. The van der Waals surface area contributed by atoms with E-state index in [4.69, 9.17) is 21.1 Å². The second-order valence-corrected chi connectivity index (χ2v) is 6.04. The van der Waals surface area contributed by atoms with Crippen molar-refractivity contribution in [3.63, 3.8) is 0 Å². The third-order valence-corrected chi connectivity index (χ3v) is 4.07. The predicted molar refractivity (Wildman–Crippen MR) is 94.8 cm³/mol. The molecule has 1 N–H and O–H groups in total. The lowest BCUT2D eigenvalue weighted by atomic mass is 10.2. The molecule has 0 aliphatic carbocycles. The first kappa shape index (κ1) is 18.2. The summed E-state index contributed by atoms with van der Waals surface area (Å²) in [4.78, 5) is 27.9. The molecule has 2 aromatic rings. The van der Waals surface area contributed by atoms with Crippen molar-refractivity contribution in [2.75, 3.05) is 25.6 Å². The largest absolute Gasteiger partial charge is 0.471 e. The van der Waals surface area contributed by atoms with Crippen LogP contribution in [0.25, 0.3) is 0 Å². The number of amides is 1. The Labute approximate surface area is 155 Å². The number of benzene rings is 1. The molecule has 0 saturated carbocycles. The Bertz CT molecular complexity index is 804. The van der Waals surface area contributed by atoms with Gasteiger partial charge in [0, 0.05) is 18.3 Å². The second-order valence-electron chi connectivity index (χ2n) is 5.64. The third kappa shape index (κ3) is 4.30. The van der Waals surface area contributed by atoms with Crippen molar-refractivity contribution in [2.24, 2.45) is 0 Å². The molecule has 1 aromatic carbocycles. The number of anilines is 1. The highest BCUT2D eigenvalue weighted by Crippen LogP contribution is 2.25. The number of carbonyl (C=O) groups excluding carboxylic acids is 2. The van der Waals surface area contributed by atoms with E-state index in [9.17, 15) is 9.59 Å². The fourth-order valence-corrected chi connectivity index (χ4v) is 2.62. The Morgan fingerprint density at radius 3 is 2.65 bits per heavy atom. The number of nitrogens with zero attached hydrogens (tertiary/aromatic N) is 1. The SMILES string of the molecule is COC(=O)c1ccc(NC(=O)c2cnc(OC3CCOC3)c(Cl)c2)cc1. The summed E-state index contributed by atoms with van der Waals surface area (Å²) in [5, 5.41) is 2.97. The Kier molecular flexibility index (Phi) is 5.70. The van der Waals surface area contributed by atoms with Gasteiger partial charge in [0.1, 0.15) is 11.1 Å². The quantitative estimate of drug-likeness (QED) is 0.807. The topological polar surface area (TPSA) is 86.8 Å². The van der Waals surface area contributed by atoms with Gasteiger partial charge in [-0.25, -0.2) is 9.78 Å². The molecule has 26 heavy (non-hydrogen) atoms. The van der Waals surface area contributed by atoms with Gasteiger partial charge in [-0.2, -0.15) is 0 Å². The van der Waals surface area contributed by atoms with Gasteiger partial charge >= 0.3 is 5.97 Å². The average molecular weight is 377 g/mol. The number of aromatic nitrogens is 1. The van der Waals surface area contributed by atoms with Crippen molar-refractivity contribution in [2.45, 2.75) is 12.5 Å². The van der Waals surface area contributed by atoms with Gasteiger partial charge in [-0.05, 0) is 30.3 Å². The van der Waals surface area contributed by atoms with Gasteiger partial charge in [-0.3, -0.25) is 4.79 Å². The molecule has 1 amide bonds. The number of halogens is 1. The summed E-state index contributed by atoms with van der Waals surface area (Å²) in [5.41, 5.74) is 1.22. The molecule has 1 saturated heterocycles. The number of ether oxygens (including phenoxy) is 3. The molecule has 0 spiro atoms. The van der Waals surface area contributed by atoms with Crippen LogP contribution in [-0.2, 0) is 9.47 Å². The van der Waals surface area contributed by atoms with Crippen LogP contribution in [0, 0.1) is 0 Å². The first-order valence-corrected chi connectivity index (χ1v) is 8.34. The van der Waals surface area contributed by atoms with E-state index in [0.717, 1.165) is 6.42 Å². The molecular formula is C18H17ClN2O5. The standard InChI is InChI=1S/C18H17ClN2O5/c1-24-18(23)11-2-4-13(5-3-11)21-16(22)12-8-15(19)17(20-9-12)26-14-6-7-25-10-14/h2-5,8-9,14H,6-7,10H2,1H3,(H,21,22). The molecule has 3 rings (SSSR count). The zero-order valence-electron chi connectivity index (χ0n) is 14.0. The minimum atomic E-state index is -0.442. The summed E-state index contributed by atoms with van der Waals surface area (Å²) in [5.74, 6) is -0.538. The molecule has 2 heterocycles. The first-order chi connectivity index (χ1) is 12.6. The van der Waals surface area contributed by atoms with E-state index in [0.29, 0.717) is 30.0 Å². The van der Waals surface area contributed by atoms with Crippen LogP contribution in [0.1, 0.15) is 27.1 Å². The fraction of sp³-hybridized carbons (Fsp3) is 0.278.